The maximum atomic E-state index is 11.7. The van der Waals surface area contributed by atoms with Crippen LogP contribution in [0.3, 0.4) is 0 Å². The molecule has 1 unspecified atom stereocenters. The van der Waals surface area contributed by atoms with Gasteiger partial charge >= 0.3 is 5.97 Å². The number of aliphatic hydroxyl groups is 1. The van der Waals surface area contributed by atoms with Gasteiger partial charge in [0.05, 0.1) is 18.6 Å². The van der Waals surface area contributed by atoms with E-state index in [2.05, 4.69) is 0 Å². The minimum atomic E-state index is -0.894. The molecule has 0 aromatic heterocycles. The van der Waals surface area contributed by atoms with Gasteiger partial charge in [0.15, 0.2) is 0 Å². The number of ether oxygens (including phenoxy) is 1. The first-order chi connectivity index (χ1) is 7.44. The Balaban J connectivity index is 2.93. The van der Waals surface area contributed by atoms with E-state index < -0.39 is 11.5 Å². The lowest BCUT2D eigenvalue weighted by atomic mass is 9.88. The fourth-order valence-corrected chi connectivity index (χ4v) is 1.66. The van der Waals surface area contributed by atoms with Gasteiger partial charge in [0.25, 0.3) is 0 Å². The Kier molecular flexibility index (Phi) is 4.07. The first-order valence-corrected chi connectivity index (χ1v) is 5.29. The molecule has 0 saturated carbocycles. The highest BCUT2D eigenvalue weighted by Crippen LogP contribution is 2.26. The molecule has 0 heterocycles. The van der Waals surface area contributed by atoms with Crippen molar-refractivity contribution >= 4 is 5.97 Å². The van der Waals surface area contributed by atoms with Gasteiger partial charge in [0.1, 0.15) is 0 Å². The van der Waals surface area contributed by atoms with Gasteiger partial charge in [-0.15, -0.1) is 0 Å². The molecule has 88 valence electrons. The van der Waals surface area contributed by atoms with E-state index in [9.17, 15) is 9.90 Å². The summed E-state index contributed by atoms with van der Waals surface area (Å²) in [6.45, 7) is 3.37. The highest BCUT2D eigenvalue weighted by molar-refractivity contribution is 5.78. The number of methoxy groups -OCH3 is 1. The fourth-order valence-electron chi connectivity index (χ4n) is 1.66. The van der Waals surface area contributed by atoms with Crippen LogP contribution in [0, 0.1) is 0 Å². The number of rotatable bonds is 4. The zero-order chi connectivity index (χ0) is 12.2. The summed E-state index contributed by atoms with van der Waals surface area (Å²) in [6.07, 6.45) is 0.351. The van der Waals surface area contributed by atoms with Crippen molar-refractivity contribution < 1.29 is 14.6 Å². The smallest absolute Gasteiger partial charge is 0.313 e. The zero-order valence-electron chi connectivity index (χ0n) is 9.93. The molecule has 0 aliphatic carbocycles. The van der Waals surface area contributed by atoms with Gasteiger partial charge in [0.2, 0.25) is 0 Å². The monoisotopic (exact) mass is 222 g/mol. The quantitative estimate of drug-likeness (QED) is 0.794. The molecular weight excluding hydrogens is 204 g/mol. The first kappa shape index (κ1) is 12.7. The van der Waals surface area contributed by atoms with Crippen LogP contribution in [0.2, 0.25) is 0 Å². The van der Waals surface area contributed by atoms with Gasteiger partial charge in [-0.25, -0.2) is 0 Å². The van der Waals surface area contributed by atoms with E-state index in [1.165, 1.54) is 7.11 Å². The second kappa shape index (κ2) is 5.12. The van der Waals surface area contributed by atoms with Gasteiger partial charge in [-0.2, -0.15) is 0 Å². The average molecular weight is 222 g/mol. The first-order valence-electron chi connectivity index (χ1n) is 5.29. The highest BCUT2D eigenvalue weighted by Gasteiger charge is 2.28. The number of carbonyl (C=O) groups excluding carboxylic acids is 1. The molecule has 1 atom stereocenters. The zero-order valence-corrected chi connectivity index (χ0v) is 9.93. The standard InChI is InChI=1S/C13H18O3/c1-13(2,15)9-11(12(14)16-3)10-7-5-4-6-8-10/h4-8,11,15H,9H2,1-3H3. The van der Waals surface area contributed by atoms with Crippen molar-refractivity contribution in [1.82, 2.24) is 0 Å². The maximum Gasteiger partial charge on any atom is 0.313 e. The molecule has 3 heteroatoms. The lowest BCUT2D eigenvalue weighted by Crippen LogP contribution is -2.27. The molecule has 0 spiro atoms. The Morgan fingerprint density at radius 3 is 2.38 bits per heavy atom. The van der Waals surface area contributed by atoms with E-state index in [-0.39, 0.29) is 5.97 Å². The number of esters is 1. The van der Waals surface area contributed by atoms with E-state index in [0.29, 0.717) is 6.42 Å². The van der Waals surface area contributed by atoms with Crippen molar-refractivity contribution in [1.29, 1.82) is 0 Å². The summed E-state index contributed by atoms with van der Waals surface area (Å²) in [7, 11) is 1.36. The summed E-state index contributed by atoms with van der Waals surface area (Å²) in [4.78, 5) is 11.7. The molecule has 1 aromatic carbocycles. The molecule has 0 bridgehead atoms. The number of hydrogen-bond donors (Lipinski definition) is 1. The van der Waals surface area contributed by atoms with Crippen molar-refractivity contribution in [3.63, 3.8) is 0 Å². The van der Waals surface area contributed by atoms with Gasteiger partial charge < -0.3 is 9.84 Å². The van der Waals surface area contributed by atoms with Crippen molar-refractivity contribution in [3.05, 3.63) is 35.9 Å². The van der Waals surface area contributed by atoms with Crippen LogP contribution in [0.5, 0.6) is 0 Å². The predicted octanol–water partition coefficient (Wildman–Crippen LogP) is 2.10. The van der Waals surface area contributed by atoms with E-state index in [1.807, 2.05) is 30.3 Å². The van der Waals surface area contributed by atoms with Gasteiger partial charge in [-0.3, -0.25) is 4.79 Å². The van der Waals surface area contributed by atoms with E-state index in [0.717, 1.165) is 5.56 Å². The number of carbonyl (C=O) groups is 1. The Morgan fingerprint density at radius 1 is 1.38 bits per heavy atom. The summed E-state index contributed by atoms with van der Waals surface area (Å²) in [5.74, 6) is -0.723. The predicted molar refractivity (Wildman–Crippen MR) is 62.1 cm³/mol. The molecule has 16 heavy (non-hydrogen) atoms. The van der Waals surface area contributed by atoms with Crippen LogP contribution in [0.1, 0.15) is 31.7 Å². The third-order valence-corrected chi connectivity index (χ3v) is 2.39. The van der Waals surface area contributed by atoms with Gasteiger partial charge in [-0.1, -0.05) is 30.3 Å². The van der Waals surface area contributed by atoms with E-state index in [4.69, 9.17) is 4.74 Å². The number of hydrogen-bond acceptors (Lipinski definition) is 3. The molecule has 0 saturated heterocycles. The summed E-state index contributed by atoms with van der Waals surface area (Å²) in [5, 5.41) is 9.79. The molecule has 0 amide bonds. The summed E-state index contributed by atoms with van der Waals surface area (Å²) < 4.78 is 4.76. The van der Waals surface area contributed by atoms with Crippen molar-refractivity contribution in [2.24, 2.45) is 0 Å². The Hall–Kier alpha value is -1.35. The van der Waals surface area contributed by atoms with Crippen LogP contribution in [-0.2, 0) is 9.53 Å². The van der Waals surface area contributed by atoms with E-state index in [1.54, 1.807) is 13.8 Å². The SMILES string of the molecule is COC(=O)C(CC(C)(C)O)c1ccccc1. The maximum absolute atomic E-state index is 11.7. The van der Waals surface area contributed by atoms with Gasteiger partial charge in [-0.05, 0) is 25.8 Å². The summed E-state index contributed by atoms with van der Waals surface area (Å²) in [5.41, 5.74) is -0.0224. The van der Waals surface area contributed by atoms with Crippen molar-refractivity contribution in [2.75, 3.05) is 7.11 Å². The lowest BCUT2D eigenvalue weighted by molar-refractivity contribution is -0.144. The van der Waals surface area contributed by atoms with Crippen molar-refractivity contribution in [3.8, 4) is 0 Å². The van der Waals surface area contributed by atoms with E-state index >= 15 is 0 Å². The molecule has 1 rings (SSSR count). The molecule has 1 N–H and O–H groups in total. The van der Waals surface area contributed by atoms with Gasteiger partial charge in [0, 0.05) is 0 Å². The molecule has 0 radical (unpaired) electrons. The minimum absolute atomic E-state index is 0.312. The largest absolute Gasteiger partial charge is 0.469 e. The lowest BCUT2D eigenvalue weighted by Gasteiger charge is -2.23. The summed E-state index contributed by atoms with van der Waals surface area (Å²) >= 11 is 0. The Bertz CT molecular complexity index is 338. The van der Waals surface area contributed by atoms with Crippen LogP contribution in [0.15, 0.2) is 30.3 Å². The Morgan fingerprint density at radius 2 is 1.94 bits per heavy atom. The molecule has 1 aromatic rings. The highest BCUT2D eigenvalue weighted by atomic mass is 16.5. The molecule has 0 aliphatic rings. The van der Waals surface area contributed by atoms with Crippen LogP contribution < -0.4 is 0 Å². The topological polar surface area (TPSA) is 46.5 Å². The third-order valence-electron chi connectivity index (χ3n) is 2.39. The Labute approximate surface area is 96.1 Å². The van der Waals surface area contributed by atoms with Crippen LogP contribution in [-0.4, -0.2) is 23.8 Å². The molecular formula is C13H18O3. The second-order valence-corrected chi connectivity index (χ2v) is 4.50. The second-order valence-electron chi connectivity index (χ2n) is 4.50. The van der Waals surface area contributed by atoms with Crippen molar-refractivity contribution in [2.45, 2.75) is 31.8 Å². The molecule has 0 aliphatic heterocycles. The third kappa shape index (κ3) is 3.66. The average Bonchev–Trinajstić information content (AvgIpc) is 2.25. The number of benzene rings is 1. The molecule has 3 nitrogen and oxygen atoms in total. The van der Waals surface area contributed by atoms with Crippen LogP contribution in [0.25, 0.3) is 0 Å². The molecule has 0 fully saturated rings. The normalized spacial score (nSPS) is 13.2. The minimum Gasteiger partial charge on any atom is -0.469 e. The van der Waals surface area contributed by atoms with Crippen LogP contribution >= 0.6 is 0 Å². The summed E-state index contributed by atoms with van der Waals surface area (Å²) in [6, 6.07) is 9.37. The van der Waals surface area contributed by atoms with Crippen LogP contribution in [0.4, 0.5) is 0 Å². The fraction of sp³-hybridized carbons (Fsp3) is 0.462.